The van der Waals surface area contributed by atoms with Crippen LogP contribution >= 0.6 is 0 Å². The molecular formula is C15H23NO4. The van der Waals surface area contributed by atoms with E-state index >= 15 is 0 Å². The van der Waals surface area contributed by atoms with E-state index < -0.39 is 18.1 Å². The Morgan fingerprint density at radius 2 is 1.75 bits per heavy atom. The van der Waals surface area contributed by atoms with Crippen molar-refractivity contribution in [2.45, 2.75) is 39.0 Å². The number of aliphatic carboxylic acids is 1. The van der Waals surface area contributed by atoms with E-state index in [9.17, 15) is 9.90 Å². The van der Waals surface area contributed by atoms with Gasteiger partial charge in [-0.25, -0.2) is 0 Å². The Morgan fingerprint density at radius 3 is 2.15 bits per heavy atom. The first-order valence-electron chi connectivity index (χ1n) is 6.67. The summed E-state index contributed by atoms with van der Waals surface area (Å²) in [5.74, 6) is -0.251. The summed E-state index contributed by atoms with van der Waals surface area (Å²) in [6.07, 6.45) is -0.776. The minimum absolute atomic E-state index is 0.0574. The van der Waals surface area contributed by atoms with Gasteiger partial charge in [-0.3, -0.25) is 10.1 Å². The molecule has 1 aromatic carbocycles. The molecule has 0 aliphatic heterocycles. The van der Waals surface area contributed by atoms with E-state index in [-0.39, 0.29) is 12.0 Å². The molecular weight excluding hydrogens is 258 g/mol. The zero-order chi connectivity index (χ0) is 15.3. The number of aliphatic hydroxyl groups excluding tert-OH is 1. The Kier molecular flexibility index (Phi) is 5.98. The number of ether oxygens (including phenoxy) is 1. The number of carboxylic acids is 1. The first-order chi connectivity index (χ1) is 9.36. The Labute approximate surface area is 119 Å². The maximum Gasteiger partial charge on any atom is 0.320 e. The van der Waals surface area contributed by atoms with Crippen molar-refractivity contribution in [3.63, 3.8) is 0 Å². The molecule has 0 saturated carbocycles. The number of carboxylic acid groups (broad SMARTS) is 1. The van der Waals surface area contributed by atoms with Crippen molar-refractivity contribution in [2.75, 3.05) is 7.11 Å². The zero-order valence-electron chi connectivity index (χ0n) is 12.3. The maximum absolute atomic E-state index is 11.2. The molecule has 1 aromatic rings. The molecule has 0 amide bonds. The predicted octanol–water partition coefficient (Wildman–Crippen LogP) is 1.82. The van der Waals surface area contributed by atoms with Gasteiger partial charge in [-0.05, 0) is 30.5 Å². The monoisotopic (exact) mass is 281 g/mol. The van der Waals surface area contributed by atoms with Crippen LogP contribution in [0.2, 0.25) is 0 Å². The summed E-state index contributed by atoms with van der Waals surface area (Å²) in [6.45, 7) is 5.43. The Hall–Kier alpha value is -1.59. The van der Waals surface area contributed by atoms with E-state index in [4.69, 9.17) is 9.84 Å². The molecule has 0 aromatic heterocycles. The van der Waals surface area contributed by atoms with Crippen LogP contribution in [0.5, 0.6) is 5.75 Å². The van der Waals surface area contributed by atoms with Crippen LogP contribution in [0.25, 0.3) is 0 Å². The number of nitrogens with one attached hydrogen (secondary N) is 1. The van der Waals surface area contributed by atoms with Crippen molar-refractivity contribution in [2.24, 2.45) is 5.92 Å². The summed E-state index contributed by atoms with van der Waals surface area (Å²) < 4.78 is 5.06. The maximum atomic E-state index is 11.2. The van der Waals surface area contributed by atoms with Gasteiger partial charge in [0.1, 0.15) is 11.8 Å². The standard InChI is InChI=1S/C15H23NO4/c1-9(2)13(15(18)19)16-10(3)14(17)11-5-7-12(20-4)8-6-11/h5-10,13-14,16-17H,1-4H3,(H,18,19). The Morgan fingerprint density at radius 1 is 1.20 bits per heavy atom. The summed E-state index contributed by atoms with van der Waals surface area (Å²) in [4.78, 5) is 11.2. The molecule has 0 aliphatic rings. The molecule has 5 nitrogen and oxygen atoms in total. The van der Waals surface area contributed by atoms with Crippen molar-refractivity contribution >= 4 is 5.97 Å². The molecule has 0 heterocycles. The highest BCUT2D eigenvalue weighted by Gasteiger charge is 2.26. The highest BCUT2D eigenvalue weighted by atomic mass is 16.5. The third-order valence-electron chi connectivity index (χ3n) is 3.31. The molecule has 1 rings (SSSR count). The molecule has 3 N–H and O–H groups in total. The number of hydrogen-bond donors (Lipinski definition) is 3. The lowest BCUT2D eigenvalue weighted by molar-refractivity contribution is -0.141. The van der Waals surface area contributed by atoms with Gasteiger partial charge in [0, 0.05) is 6.04 Å². The second-order valence-electron chi connectivity index (χ2n) is 5.23. The van der Waals surface area contributed by atoms with Crippen LogP contribution in [0, 0.1) is 5.92 Å². The topological polar surface area (TPSA) is 78.8 Å². The fourth-order valence-electron chi connectivity index (χ4n) is 2.01. The van der Waals surface area contributed by atoms with Gasteiger partial charge in [0.05, 0.1) is 13.2 Å². The largest absolute Gasteiger partial charge is 0.497 e. The molecule has 0 radical (unpaired) electrons. The van der Waals surface area contributed by atoms with E-state index in [0.29, 0.717) is 5.75 Å². The van der Waals surface area contributed by atoms with Crippen molar-refractivity contribution in [3.8, 4) is 5.75 Å². The molecule has 0 saturated heterocycles. The van der Waals surface area contributed by atoms with Crippen LogP contribution in [0.4, 0.5) is 0 Å². The molecule has 5 heteroatoms. The molecule has 112 valence electrons. The lowest BCUT2D eigenvalue weighted by Crippen LogP contribution is -2.47. The first kappa shape index (κ1) is 16.5. The van der Waals surface area contributed by atoms with E-state index in [1.807, 2.05) is 13.8 Å². The van der Waals surface area contributed by atoms with Gasteiger partial charge in [-0.15, -0.1) is 0 Å². The van der Waals surface area contributed by atoms with Crippen molar-refractivity contribution in [1.29, 1.82) is 0 Å². The summed E-state index contributed by atoms with van der Waals surface area (Å²) in [7, 11) is 1.58. The second kappa shape index (κ2) is 7.26. The van der Waals surface area contributed by atoms with Gasteiger partial charge in [0.15, 0.2) is 0 Å². The molecule has 0 aliphatic carbocycles. The lowest BCUT2D eigenvalue weighted by atomic mass is 9.99. The van der Waals surface area contributed by atoms with Crippen LogP contribution in [0.15, 0.2) is 24.3 Å². The Bertz CT molecular complexity index is 430. The summed E-state index contributed by atoms with van der Waals surface area (Å²) in [6, 6.07) is 6.02. The van der Waals surface area contributed by atoms with Gasteiger partial charge >= 0.3 is 5.97 Å². The quantitative estimate of drug-likeness (QED) is 0.710. The smallest absolute Gasteiger partial charge is 0.320 e. The lowest BCUT2D eigenvalue weighted by Gasteiger charge is -2.26. The van der Waals surface area contributed by atoms with E-state index in [1.165, 1.54) is 0 Å². The first-order valence-corrected chi connectivity index (χ1v) is 6.67. The summed E-state index contributed by atoms with van der Waals surface area (Å²) in [5, 5.41) is 22.4. The van der Waals surface area contributed by atoms with Crippen LogP contribution in [0.3, 0.4) is 0 Å². The SMILES string of the molecule is COc1ccc(C(O)C(C)NC(C(=O)O)C(C)C)cc1. The predicted molar refractivity (Wildman–Crippen MR) is 76.8 cm³/mol. The van der Waals surface area contributed by atoms with Crippen LogP contribution < -0.4 is 10.1 Å². The minimum atomic E-state index is -0.909. The summed E-state index contributed by atoms with van der Waals surface area (Å²) in [5.41, 5.74) is 0.721. The second-order valence-corrected chi connectivity index (χ2v) is 5.23. The average Bonchev–Trinajstić information content (AvgIpc) is 2.43. The molecule has 3 unspecified atom stereocenters. The van der Waals surface area contributed by atoms with E-state index in [1.54, 1.807) is 38.3 Å². The van der Waals surface area contributed by atoms with Gasteiger partial charge in [-0.1, -0.05) is 26.0 Å². The van der Waals surface area contributed by atoms with Crippen molar-refractivity contribution < 1.29 is 19.7 Å². The van der Waals surface area contributed by atoms with Gasteiger partial charge in [-0.2, -0.15) is 0 Å². The van der Waals surface area contributed by atoms with Crippen LogP contribution in [-0.2, 0) is 4.79 Å². The summed E-state index contributed by atoms with van der Waals surface area (Å²) >= 11 is 0. The highest BCUT2D eigenvalue weighted by molar-refractivity contribution is 5.73. The highest BCUT2D eigenvalue weighted by Crippen LogP contribution is 2.21. The van der Waals surface area contributed by atoms with Gasteiger partial charge in [0.25, 0.3) is 0 Å². The number of hydrogen-bond acceptors (Lipinski definition) is 4. The Balaban J connectivity index is 2.74. The van der Waals surface area contributed by atoms with Crippen molar-refractivity contribution in [3.05, 3.63) is 29.8 Å². The molecule has 0 fully saturated rings. The minimum Gasteiger partial charge on any atom is -0.497 e. The number of methoxy groups -OCH3 is 1. The fourth-order valence-corrected chi connectivity index (χ4v) is 2.01. The average molecular weight is 281 g/mol. The molecule has 3 atom stereocenters. The van der Waals surface area contributed by atoms with Crippen LogP contribution in [-0.4, -0.2) is 35.4 Å². The van der Waals surface area contributed by atoms with E-state index in [2.05, 4.69) is 5.32 Å². The third-order valence-corrected chi connectivity index (χ3v) is 3.31. The third kappa shape index (κ3) is 4.21. The molecule has 20 heavy (non-hydrogen) atoms. The zero-order valence-corrected chi connectivity index (χ0v) is 12.3. The number of aliphatic hydroxyl groups is 1. The molecule has 0 bridgehead atoms. The molecule has 0 spiro atoms. The number of carbonyl (C=O) groups is 1. The fraction of sp³-hybridized carbons (Fsp3) is 0.533. The van der Waals surface area contributed by atoms with Gasteiger partial charge in [0.2, 0.25) is 0 Å². The van der Waals surface area contributed by atoms with Crippen molar-refractivity contribution in [1.82, 2.24) is 5.32 Å². The normalized spacial score (nSPS) is 15.7. The van der Waals surface area contributed by atoms with Gasteiger partial charge < -0.3 is 14.9 Å². The van der Waals surface area contributed by atoms with E-state index in [0.717, 1.165) is 5.56 Å². The number of benzene rings is 1. The van der Waals surface area contributed by atoms with Crippen LogP contribution in [0.1, 0.15) is 32.4 Å². The number of rotatable bonds is 7.